The van der Waals surface area contributed by atoms with E-state index in [0.717, 1.165) is 6.07 Å². The quantitative estimate of drug-likeness (QED) is 0.674. The smallest absolute Gasteiger partial charge is 0.335 e. The molecular formula is C13H11FO3S. The molecule has 0 atom stereocenters. The molecular weight excluding hydrogens is 255 g/mol. The van der Waals surface area contributed by atoms with Crippen molar-refractivity contribution in [2.75, 3.05) is 5.75 Å². The molecule has 0 aliphatic heterocycles. The van der Waals surface area contributed by atoms with E-state index in [1.807, 2.05) is 0 Å². The molecule has 0 fully saturated rings. The number of halogens is 1. The third kappa shape index (κ3) is 5.02. The number of aromatic carboxylic acids is 1. The van der Waals surface area contributed by atoms with Crippen LogP contribution in [-0.4, -0.2) is 21.9 Å². The Morgan fingerprint density at radius 1 is 1.39 bits per heavy atom. The molecule has 0 heterocycles. The fourth-order valence-corrected chi connectivity index (χ4v) is 1.69. The lowest BCUT2D eigenvalue weighted by Gasteiger charge is -1.96. The van der Waals surface area contributed by atoms with Crippen molar-refractivity contribution >= 4 is 22.8 Å². The van der Waals surface area contributed by atoms with E-state index in [1.54, 1.807) is 0 Å². The van der Waals surface area contributed by atoms with Gasteiger partial charge in [-0.05, 0) is 18.2 Å². The van der Waals surface area contributed by atoms with Crippen LogP contribution < -0.4 is 0 Å². The summed E-state index contributed by atoms with van der Waals surface area (Å²) in [5, 5.41) is 8.77. The van der Waals surface area contributed by atoms with E-state index in [0.29, 0.717) is 17.7 Å². The second-order valence-corrected chi connectivity index (χ2v) is 4.70. The normalized spacial score (nSPS) is 9.44. The summed E-state index contributed by atoms with van der Waals surface area (Å²) in [6.45, 7) is 1.48. The first-order valence-corrected chi connectivity index (χ1v) is 6.13. The van der Waals surface area contributed by atoms with Gasteiger partial charge in [0.1, 0.15) is 5.82 Å². The maximum absolute atomic E-state index is 13.1. The highest BCUT2D eigenvalue weighted by molar-refractivity contribution is 8.13. The third-order valence-electron chi connectivity index (χ3n) is 1.91. The Labute approximate surface area is 108 Å². The van der Waals surface area contributed by atoms with Crippen molar-refractivity contribution in [2.45, 2.75) is 13.3 Å². The number of benzene rings is 1. The summed E-state index contributed by atoms with van der Waals surface area (Å²) in [7, 11) is 0. The van der Waals surface area contributed by atoms with Crippen LogP contribution in [0.25, 0.3) is 0 Å². The van der Waals surface area contributed by atoms with Crippen molar-refractivity contribution in [3.63, 3.8) is 0 Å². The van der Waals surface area contributed by atoms with Gasteiger partial charge >= 0.3 is 5.97 Å². The summed E-state index contributed by atoms with van der Waals surface area (Å²) in [6, 6.07) is 3.44. The molecule has 0 unspecified atom stereocenters. The van der Waals surface area contributed by atoms with Crippen LogP contribution >= 0.6 is 11.8 Å². The van der Waals surface area contributed by atoms with Crippen molar-refractivity contribution in [1.82, 2.24) is 0 Å². The molecule has 0 bridgehead atoms. The first-order valence-electron chi connectivity index (χ1n) is 5.15. The summed E-state index contributed by atoms with van der Waals surface area (Å²) in [4.78, 5) is 21.3. The van der Waals surface area contributed by atoms with Gasteiger partial charge in [-0.2, -0.15) is 0 Å². The van der Waals surface area contributed by atoms with E-state index >= 15 is 0 Å². The van der Waals surface area contributed by atoms with E-state index < -0.39 is 11.8 Å². The fourth-order valence-electron chi connectivity index (χ4n) is 1.20. The molecule has 1 aromatic rings. The minimum absolute atomic E-state index is 0.0238. The van der Waals surface area contributed by atoms with Crippen LogP contribution in [0, 0.1) is 17.7 Å². The molecule has 0 amide bonds. The largest absolute Gasteiger partial charge is 0.478 e. The molecule has 5 heteroatoms. The van der Waals surface area contributed by atoms with E-state index in [2.05, 4.69) is 11.8 Å². The highest BCUT2D eigenvalue weighted by atomic mass is 32.2. The van der Waals surface area contributed by atoms with Gasteiger partial charge < -0.3 is 5.11 Å². The molecule has 0 saturated heterocycles. The maximum Gasteiger partial charge on any atom is 0.335 e. The third-order valence-corrected chi connectivity index (χ3v) is 2.72. The number of hydrogen-bond acceptors (Lipinski definition) is 3. The predicted molar refractivity (Wildman–Crippen MR) is 68.0 cm³/mol. The van der Waals surface area contributed by atoms with E-state index in [-0.39, 0.29) is 10.7 Å². The van der Waals surface area contributed by atoms with Crippen LogP contribution in [0.3, 0.4) is 0 Å². The van der Waals surface area contributed by atoms with Crippen molar-refractivity contribution in [2.24, 2.45) is 0 Å². The van der Waals surface area contributed by atoms with Crippen LogP contribution in [0.5, 0.6) is 0 Å². The van der Waals surface area contributed by atoms with Gasteiger partial charge in [0.15, 0.2) is 5.12 Å². The zero-order valence-electron chi connectivity index (χ0n) is 9.70. The molecule has 0 aromatic heterocycles. The Hall–Kier alpha value is -1.80. The van der Waals surface area contributed by atoms with Crippen LogP contribution in [0.15, 0.2) is 18.2 Å². The number of rotatable bonds is 3. The predicted octanol–water partition coefficient (Wildman–Crippen LogP) is 2.55. The number of carbonyl (C=O) groups excluding carboxylic acids is 1. The standard InChI is InChI=1S/C13H11FO3S/c1-9(15)18-5-3-2-4-10-6-11(13(16)17)8-12(14)7-10/h6-8H,3,5H2,1H3,(H,16,17). The number of carboxylic acid groups (broad SMARTS) is 1. The molecule has 0 saturated carbocycles. The minimum Gasteiger partial charge on any atom is -0.478 e. The van der Waals surface area contributed by atoms with Crippen LogP contribution in [0.2, 0.25) is 0 Å². The van der Waals surface area contributed by atoms with Gasteiger partial charge in [-0.25, -0.2) is 9.18 Å². The minimum atomic E-state index is -1.19. The van der Waals surface area contributed by atoms with E-state index in [1.165, 1.54) is 30.8 Å². The highest BCUT2D eigenvalue weighted by Crippen LogP contribution is 2.09. The van der Waals surface area contributed by atoms with Crippen LogP contribution in [0.1, 0.15) is 29.3 Å². The topological polar surface area (TPSA) is 54.4 Å². The Bertz CT molecular complexity index is 529. The molecule has 18 heavy (non-hydrogen) atoms. The van der Waals surface area contributed by atoms with Gasteiger partial charge in [0.05, 0.1) is 5.56 Å². The van der Waals surface area contributed by atoms with E-state index in [9.17, 15) is 14.0 Å². The average Bonchev–Trinajstić information content (AvgIpc) is 2.27. The van der Waals surface area contributed by atoms with Gasteiger partial charge in [-0.3, -0.25) is 4.79 Å². The van der Waals surface area contributed by atoms with Crippen molar-refractivity contribution in [3.8, 4) is 11.8 Å². The Morgan fingerprint density at radius 2 is 2.11 bits per heavy atom. The molecule has 0 aliphatic rings. The Balaban J connectivity index is 2.70. The van der Waals surface area contributed by atoms with Gasteiger partial charge in [-0.1, -0.05) is 23.6 Å². The lowest BCUT2D eigenvalue weighted by Crippen LogP contribution is -1.97. The first-order chi connectivity index (χ1) is 8.49. The fraction of sp³-hybridized carbons (Fsp3) is 0.231. The first kappa shape index (κ1) is 14.3. The number of carbonyl (C=O) groups is 2. The lowest BCUT2D eigenvalue weighted by molar-refractivity contribution is -0.109. The monoisotopic (exact) mass is 266 g/mol. The Kier molecular flexibility index (Phi) is 5.40. The van der Waals surface area contributed by atoms with Crippen molar-refractivity contribution in [1.29, 1.82) is 0 Å². The summed E-state index contributed by atoms with van der Waals surface area (Å²) >= 11 is 1.17. The van der Waals surface area contributed by atoms with Gasteiger partial charge in [0.25, 0.3) is 0 Å². The maximum atomic E-state index is 13.1. The average molecular weight is 266 g/mol. The SMILES string of the molecule is CC(=O)SCCC#Cc1cc(F)cc(C(=O)O)c1. The molecule has 1 aromatic carbocycles. The number of carboxylic acids is 1. The number of thioether (sulfide) groups is 1. The van der Waals surface area contributed by atoms with Gasteiger partial charge in [-0.15, -0.1) is 0 Å². The molecule has 94 valence electrons. The van der Waals surface area contributed by atoms with Crippen molar-refractivity contribution < 1.29 is 19.1 Å². The lowest BCUT2D eigenvalue weighted by atomic mass is 10.1. The van der Waals surface area contributed by atoms with E-state index in [4.69, 9.17) is 5.11 Å². The van der Waals surface area contributed by atoms with Gasteiger partial charge in [0, 0.05) is 24.7 Å². The van der Waals surface area contributed by atoms with Gasteiger partial charge in [0.2, 0.25) is 0 Å². The van der Waals surface area contributed by atoms with Crippen LogP contribution in [0.4, 0.5) is 4.39 Å². The summed E-state index contributed by atoms with van der Waals surface area (Å²) in [5.74, 6) is 4.20. The molecule has 1 rings (SSSR count). The molecule has 3 nitrogen and oxygen atoms in total. The summed E-state index contributed by atoms with van der Waals surface area (Å²) in [6.07, 6.45) is 0.489. The second kappa shape index (κ2) is 6.82. The number of hydrogen-bond donors (Lipinski definition) is 1. The molecule has 0 aliphatic carbocycles. The molecule has 0 spiro atoms. The highest BCUT2D eigenvalue weighted by Gasteiger charge is 2.05. The molecule has 0 radical (unpaired) electrons. The zero-order chi connectivity index (χ0) is 13.5. The van der Waals surface area contributed by atoms with Crippen molar-refractivity contribution in [3.05, 3.63) is 35.1 Å². The Morgan fingerprint density at radius 3 is 2.72 bits per heavy atom. The summed E-state index contributed by atoms with van der Waals surface area (Å²) in [5.41, 5.74) is 0.192. The van der Waals surface area contributed by atoms with Crippen LogP contribution in [-0.2, 0) is 4.79 Å². The summed E-state index contributed by atoms with van der Waals surface area (Å²) < 4.78 is 13.1. The molecule has 1 N–H and O–H groups in total. The second-order valence-electron chi connectivity index (χ2n) is 3.43. The zero-order valence-corrected chi connectivity index (χ0v) is 10.5.